The molecule has 7 nitrogen and oxygen atoms in total. The molecule has 1 saturated heterocycles. The van der Waals surface area contributed by atoms with Crippen molar-refractivity contribution in [2.75, 3.05) is 28.6 Å². The van der Waals surface area contributed by atoms with Gasteiger partial charge in [-0.15, -0.1) is 0 Å². The second kappa shape index (κ2) is 7.93. The number of anilines is 3. The highest BCUT2D eigenvalue weighted by Crippen LogP contribution is 2.29. The van der Waals surface area contributed by atoms with Crippen molar-refractivity contribution >= 4 is 50.1 Å². The monoisotopic (exact) mass is 438 g/mol. The molecule has 2 aromatic heterocycles. The molecule has 2 N–H and O–H groups in total. The first-order valence-corrected chi connectivity index (χ1v) is 9.73. The fraction of sp³-hybridized carbons (Fsp3) is 0.200. The van der Waals surface area contributed by atoms with Gasteiger partial charge in [-0.2, -0.15) is 0 Å². The molecule has 0 bridgehead atoms. The Morgan fingerprint density at radius 3 is 2.86 bits per heavy atom. The standard InChI is InChI=1S/C20H19BrN6O/c1-2-18(28)25-15-3-4-17-13(9-15)5-7-22-19(17)27-8-6-16(12-27)26-20-23-10-14(21)11-24-20/h2-5,7,9-11,16H,1,6,8,12H2,(H,25,28)(H,23,24,26)/t16-/m1/s1. The lowest BCUT2D eigenvalue weighted by Crippen LogP contribution is -2.27. The Kier molecular flexibility index (Phi) is 5.21. The predicted octanol–water partition coefficient (Wildman–Crippen LogP) is 3.60. The summed E-state index contributed by atoms with van der Waals surface area (Å²) in [6.45, 7) is 5.20. The molecule has 0 radical (unpaired) electrons. The summed E-state index contributed by atoms with van der Waals surface area (Å²) >= 11 is 3.35. The topological polar surface area (TPSA) is 83.0 Å². The first-order chi connectivity index (χ1) is 13.6. The molecule has 8 heteroatoms. The number of hydrogen-bond acceptors (Lipinski definition) is 6. The predicted molar refractivity (Wildman–Crippen MR) is 115 cm³/mol. The van der Waals surface area contributed by atoms with Gasteiger partial charge in [-0.25, -0.2) is 15.0 Å². The summed E-state index contributed by atoms with van der Waals surface area (Å²) in [6, 6.07) is 8.03. The molecule has 1 aliphatic heterocycles. The Hall–Kier alpha value is -3.00. The molecule has 0 unspecified atom stereocenters. The minimum atomic E-state index is -0.225. The molecule has 142 valence electrons. The van der Waals surface area contributed by atoms with Crippen molar-refractivity contribution in [2.45, 2.75) is 12.5 Å². The number of benzene rings is 1. The maximum atomic E-state index is 11.5. The number of fused-ring (bicyclic) bond motifs is 1. The quantitative estimate of drug-likeness (QED) is 0.592. The van der Waals surface area contributed by atoms with Gasteiger partial charge in [0.1, 0.15) is 5.82 Å². The van der Waals surface area contributed by atoms with E-state index in [9.17, 15) is 4.79 Å². The fourth-order valence-corrected chi connectivity index (χ4v) is 3.53. The van der Waals surface area contributed by atoms with E-state index < -0.39 is 0 Å². The number of carbonyl (C=O) groups excluding carboxylic acids is 1. The first-order valence-electron chi connectivity index (χ1n) is 8.93. The Balaban J connectivity index is 1.51. The van der Waals surface area contributed by atoms with Crippen LogP contribution in [-0.4, -0.2) is 40.0 Å². The van der Waals surface area contributed by atoms with E-state index >= 15 is 0 Å². The fourth-order valence-electron chi connectivity index (χ4n) is 3.32. The van der Waals surface area contributed by atoms with Crippen LogP contribution in [0.2, 0.25) is 0 Å². The number of nitrogens with zero attached hydrogens (tertiary/aromatic N) is 4. The molecular formula is C20H19BrN6O. The van der Waals surface area contributed by atoms with Crippen LogP contribution in [0.5, 0.6) is 0 Å². The zero-order chi connectivity index (χ0) is 19.5. The van der Waals surface area contributed by atoms with Crippen LogP contribution < -0.4 is 15.5 Å². The molecule has 0 aliphatic carbocycles. The molecule has 4 rings (SSSR count). The number of hydrogen-bond donors (Lipinski definition) is 2. The van der Waals surface area contributed by atoms with Crippen molar-refractivity contribution in [1.29, 1.82) is 0 Å². The summed E-state index contributed by atoms with van der Waals surface area (Å²) in [5, 5.41) is 8.26. The maximum Gasteiger partial charge on any atom is 0.247 e. The number of pyridine rings is 1. The van der Waals surface area contributed by atoms with Crippen molar-refractivity contribution in [3.05, 3.63) is 60.0 Å². The highest BCUT2D eigenvalue weighted by Gasteiger charge is 2.25. The molecule has 3 aromatic rings. The van der Waals surface area contributed by atoms with E-state index in [-0.39, 0.29) is 11.9 Å². The van der Waals surface area contributed by atoms with Gasteiger partial charge >= 0.3 is 0 Å². The van der Waals surface area contributed by atoms with Gasteiger partial charge in [-0.3, -0.25) is 4.79 Å². The lowest BCUT2D eigenvalue weighted by Gasteiger charge is -2.20. The van der Waals surface area contributed by atoms with E-state index in [0.717, 1.165) is 46.3 Å². The van der Waals surface area contributed by atoms with Crippen molar-refractivity contribution in [1.82, 2.24) is 15.0 Å². The molecule has 1 aliphatic rings. The number of aromatic nitrogens is 3. The second-order valence-corrected chi connectivity index (χ2v) is 7.48. The smallest absolute Gasteiger partial charge is 0.247 e. The third kappa shape index (κ3) is 3.96. The van der Waals surface area contributed by atoms with Gasteiger partial charge in [0.2, 0.25) is 11.9 Å². The van der Waals surface area contributed by atoms with Gasteiger partial charge in [0.15, 0.2) is 0 Å². The Bertz CT molecular complexity index is 1020. The van der Waals surface area contributed by atoms with Crippen molar-refractivity contribution < 1.29 is 4.79 Å². The van der Waals surface area contributed by atoms with Gasteiger partial charge in [-0.05, 0) is 58.1 Å². The highest BCUT2D eigenvalue weighted by atomic mass is 79.9. The van der Waals surface area contributed by atoms with Crippen LogP contribution in [0.15, 0.2) is 60.0 Å². The second-order valence-electron chi connectivity index (χ2n) is 6.56. The first kappa shape index (κ1) is 18.4. The molecule has 0 spiro atoms. The van der Waals surface area contributed by atoms with Gasteiger partial charge in [-0.1, -0.05) is 6.58 Å². The summed E-state index contributed by atoms with van der Waals surface area (Å²) in [5.41, 5.74) is 0.739. The normalized spacial score (nSPS) is 16.2. The van der Waals surface area contributed by atoms with Crippen LogP contribution in [0.25, 0.3) is 10.8 Å². The number of halogens is 1. The molecule has 0 saturated carbocycles. The van der Waals surface area contributed by atoms with Gasteiger partial charge in [0.25, 0.3) is 0 Å². The third-order valence-electron chi connectivity index (χ3n) is 4.64. The number of amides is 1. The molecule has 28 heavy (non-hydrogen) atoms. The maximum absolute atomic E-state index is 11.5. The Morgan fingerprint density at radius 2 is 2.07 bits per heavy atom. The minimum absolute atomic E-state index is 0.225. The van der Waals surface area contributed by atoms with Crippen molar-refractivity contribution in [3.63, 3.8) is 0 Å². The molecule has 1 aromatic carbocycles. The number of carbonyl (C=O) groups is 1. The minimum Gasteiger partial charge on any atom is -0.354 e. The van der Waals surface area contributed by atoms with Crippen LogP contribution in [0, 0.1) is 0 Å². The molecule has 1 fully saturated rings. The van der Waals surface area contributed by atoms with Crippen molar-refractivity contribution in [2.24, 2.45) is 0 Å². The lowest BCUT2D eigenvalue weighted by atomic mass is 10.1. The van der Waals surface area contributed by atoms with Crippen LogP contribution in [0.3, 0.4) is 0 Å². The summed E-state index contributed by atoms with van der Waals surface area (Å²) in [5.74, 6) is 1.35. The average molecular weight is 439 g/mol. The van der Waals surface area contributed by atoms with E-state index in [1.54, 1.807) is 18.6 Å². The molecule has 3 heterocycles. The zero-order valence-corrected chi connectivity index (χ0v) is 16.7. The highest BCUT2D eigenvalue weighted by molar-refractivity contribution is 9.10. The van der Waals surface area contributed by atoms with Crippen LogP contribution in [0.4, 0.5) is 17.5 Å². The van der Waals surface area contributed by atoms with E-state index in [4.69, 9.17) is 0 Å². The molecule has 1 amide bonds. The van der Waals surface area contributed by atoms with Crippen LogP contribution in [-0.2, 0) is 4.79 Å². The molecular weight excluding hydrogens is 420 g/mol. The summed E-state index contributed by atoms with van der Waals surface area (Å²) in [4.78, 5) is 27.0. The third-order valence-corrected chi connectivity index (χ3v) is 5.05. The summed E-state index contributed by atoms with van der Waals surface area (Å²) in [6.07, 6.45) is 7.50. The van der Waals surface area contributed by atoms with Gasteiger partial charge < -0.3 is 15.5 Å². The van der Waals surface area contributed by atoms with E-state index in [0.29, 0.717) is 5.95 Å². The van der Waals surface area contributed by atoms with Crippen molar-refractivity contribution in [3.8, 4) is 0 Å². The SMILES string of the molecule is C=CC(=O)Nc1ccc2c(N3CC[C@@H](Nc4ncc(Br)cn4)C3)nccc2c1. The van der Waals surface area contributed by atoms with E-state index in [1.165, 1.54) is 6.08 Å². The number of rotatable bonds is 5. The number of nitrogens with one attached hydrogen (secondary N) is 2. The van der Waals surface area contributed by atoms with E-state index in [1.807, 2.05) is 24.3 Å². The Labute approximate surface area is 171 Å². The zero-order valence-electron chi connectivity index (χ0n) is 15.1. The molecule has 1 atom stereocenters. The van der Waals surface area contributed by atoms with Crippen LogP contribution >= 0.6 is 15.9 Å². The summed E-state index contributed by atoms with van der Waals surface area (Å²) in [7, 11) is 0. The van der Waals surface area contributed by atoms with Gasteiger partial charge in [0.05, 0.1) is 4.47 Å². The van der Waals surface area contributed by atoms with Gasteiger partial charge in [0, 0.05) is 48.8 Å². The van der Waals surface area contributed by atoms with E-state index in [2.05, 4.69) is 53.0 Å². The average Bonchev–Trinajstić information content (AvgIpc) is 3.17. The summed E-state index contributed by atoms with van der Waals surface area (Å²) < 4.78 is 0.856. The van der Waals surface area contributed by atoms with Crippen LogP contribution in [0.1, 0.15) is 6.42 Å². The lowest BCUT2D eigenvalue weighted by molar-refractivity contribution is -0.111. The Morgan fingerprint density at radius 1 is 1.25 bits per heavy atom. The largest absolute Gasteiger partial charge is 0.354 e.